The molecule has 3 amide bonds. The van der Waals surface area contributed by atoms with E-state index in [0.29, 0.717) is 6.54 Å². The summed E-state index contributed by atoms with van der Waals surface area (Å²) in [5.74, 6) is -0.573. The molecule has 2 N–H and O–H groups in total. The highest BCUT2D eigenvalue weighted by Crippen LogP contribution is 1.82. The highest BCUT2D eigenvalue weighted by molar-refractivity contribution is 5.95. The number of nitriles is 1. The molecule has 13 heavy (non-hydrogen) atoms. The van der Waals surface area contributed by atoms with Crippen LogP contribution in [0.4, 0.5) is 4.79 Å². The minimum absolute atomic E-state index is 0.290. The summed E-state index contributed by atoms with van der Waals surface area (Å²) in [5.41, 5.74) is 0. The monoisotopic (exact) mass is 183 g/mol. The molecule has 0 rings (SSSR count). The van der Waals surface area contributed by atoms with Gasteiger partial charge in [0, 0.05) is 6.54 Å². The molecule has 0 heterocycles. The SMILES string of the molecule is CCCCNC(=O)NC(=O)CC#N. The van der Waals surface area contributed by atoms with Gasteiger partial charge in [0.1, 0.15) is 6.42 Å². The zero-order valence-corrected chi connectivity index (χ0v) is 7.59. The van der Waals surface area contributed by atoms with Crippen molar-refractivity contribution in [2.45, 2.75) is 26.2 Å². The first kappa shape index (κ1) is 11.4. The van der Waals surface area contributed by atoms with Gasteiger partial charge in [0.2, 0.25) is 5.91 Å². The Hall–Kier alpha value is -1.57. The summed E-state index contributed by atoms with van der Waals surface area (Å²) in [6, 6.07) is 1.11. The summed E-state index contributed by atoms with van der Waals surface area (Å²) in [6.45, 7) is 2.54. The predicted octanol–water partition coefficient (Wildman–Crippen LogP) is 0.526. The Morgan fingerprint density at radius 3 is 2.69 bits per heavy atom. The molecule has 0 aliphatic carbocycles. The van der Waals surface area contributed by atoms with Crippen LogP contribution < -0.4 is 10.6 Å². The number of carbonyl (C=O) groups is 2. The van der Waals surface area contributed by atoms with Gasteiger partial charge in [0.25, 0.3) is 0 Å². The number of urea groups is 1. The molecular formula is C8H13N3O2. The third-order valence-electron chi connectivity index (χ3n) is 1.31. The zero-order chi connectivity index (χ0) is 10.1. The van der Waals surface area contributed by atoms with Gasteiger partial charge in [-0.3, -0.25) is 10.1 Å². The summed E-state index contributed by atoms with van der Waals surface area (Å²) in [4.78, 5) is 21.5. The number of imide groups is 1. The fourth-order valence-corrected chi connectivity index (χ4v) is 0.666. The number of hydrogen-bond donors (Lipinski definition) is 2. The van der Waals surface area contributed by atoms with Crippen LogP contribution in [0.15, 0.2) is 0 Å². The van der Waals surface area contributed by atoms with Crippen LogP contribution in [0.5, 0.6) is 0 Å². The smallest absolute Gasteiger partial charge is 0.321 e. The molecule has 0 radical (unpaired) electrons. The molecular weight excluding hydrogens is 170 g/mol. The van der Waals surface area contributed by atoms with Gasteiger partial charge >= 0.3 is 6.03 Å². The van der Waals surface area contributed by atoms with Crippen LogP contribution in [0, 0.1) is 11.3 Å². The van der Waals surface area contributed by atoms with Crippen molar-refractivity contribution in [2.24, 2.45) is 0 Å². The maximum atomic E-state index is 10.9. The number of nitrogens with zero attached hydrogens (tertiary/aromatic N) is 1. The molecule has 72 valence electrons. The van der Waals surface area contributed by atoms with Crippen molar-refractivity contribution < 1.29 is 9.59 Å². The zero-order valence-electron chi connectivity index (χ0n) is 7.59. The van der Waals surface area contributed by atoms with Crippen LogP contribution >= 0.6 is 0 Å². The molecule has 0 atom stereocenters. The molecule has 0 fully saturated rings. The minimum atomic E-state index is -0.573. The summed E-state index contributed by atoms with van der Waals surface area (Å²) >= 11 is 0. The summed E-state index contributed by atoms with van der Waals surface area (Å²) in [6.07, 6.45) is 1.56. The van der Waals surface area contributed by atoms with E-state index in [9.17, 15) is 9.59 Å². The molecule has 0 aromatic rings. The van der Waals surface area contributed by atoms with E-state index in [1.807, 2.05) is 12.2 Å². The quantitative estimate of drug-likeness (QED) is 0.623. The van der Waals surface area contributed by atoms with Gasteiger partial charge in [0.05, 0.1) is 6.07 Å². The van der Waals surface area contributed by atoms with Crippen molar-refractivity contribution in [1.29, 1.82) is 5.26 Å². The Labute approximate surface area is 77.1 Å². The second kappa shape index (κ2) is 7.10. The lowest BCUT2D eigenvalue weighted by Crippen LogP contribution is -2.39. The molecule has 0 saturated carbocycles. The van der Waals surface area contributed by atoms with E-state index in [1.54, 1.807) is 6.07 Å². The summed E-state index contributed by atoms with van der Waals surface area (Å²) in [7, 11) is 0. The lowest BCUT2D eigenvalue weighted by molar-refractivity contribution is -0.119. The van der Waals surface area contributed by atoms with Crippen molar-refractivity contribution in [3.63, 3.8) is 0 Å². The van der Waals surface area contributed by atoms with E-state index in [-0.39, 0.29) is 6.42 Å². The molecule has 0 saturated heterocycles. The second-order valence-corrected chi connectivity index (χ2v) is 2.49. The number of unbranched alkanes of at least 4 members (excludes halogenated alkanes) is 1. The molecule has 5 nitrogen and oxygen atoms in total. The van der Waals surface area contributed by atoms with E-state index in [0.717, 1.165) is 12.8 Å². The molecule has 0 aliphatic heterocycles. The van der Waals surface area contributed by atoms with Crippen LogP contribution in [0.1, 0.15) is 26.2 Å². The van der Waals surface area contributed by atoms with Crippen LogP contribution in [-0.4, -0.2) is 18.5 Å². The fourth-order valence-electron chi connectivity index (χ4n) is 0.666. The standard InChI is InChI=1S/C8H13N3O2/c1-2-3-6-10-8(13)11-7(12)4-5-9/h2-4,6H2,1H3,(H2,10,11,12,13). The van der Waals surface area contributed by atoms with Crippen LogP contribution in [0.2, 0.25) is 0 Å². The number of rotatable bonds is 4. The third-order valence-corrected chi connectivity index (χ3v) is 1.31. The first-order valence-corrected chi connectivity index (χ1v) is 4.15. The maximum absolute atomic E-state index is 10.9. The molecule has 0 aromatic heterocycles. The molecule has 0 spiro atoms. The van der Waals surface area contributed by atoms with Gasteiger partial charge in [-0.05, 0) is 6.42 Å². The maximum Gasteiger partial charge on any atom is 0.321 e. The van der Waals surface area contributed by atoms with Crippen molar-refractivity contribution in [2.75, 3.05) is 6.54 Å². The van der Waals surface area contributed by atoms with E-state index in [2.05, 4.69) is 5.32 Å². The molecule has 0 aromatic carbocycles. The van der Waals surface area contributed by atoms with Crippen molar-refractivity contribution in [3.05, 3.63) is 0 Å². The number of amides is 3. The summed E-state index contributed by atoms with van der Waals surface area (Å²) < 4.78 is 0. The Morgan fingerprint density at radius 2 is 2.15 bits per heavy atom. The number of hydrogen-bond acceptors (Lipinski definition) is 3. The fraction of sp³-hybridized carbons (Fsp3) is 0.625. The average molecular weight is 183 g/mol. The topological polar surface area (TPSA) is 82.0 Å². The number of nitrogens with one attached hydrogen (secondary N) is 2. The summed E-state index contributed by atoms with van der Waals surface area (Å²) in [5, 5.41) is 12.6. The van der Waals surface area contributed by atoms with E-state index in [4.69, 9.17) is 5.26 Å². The van der Waals surface area contributed by atoms with Crippen LogP contribution in [-0.2, 0) is 4.79 Å². The van der Waals surface area contributed by atoms with Gasteiger partial charge in [-0.1, -0.05) is 13.3 Å². The first-order valence-electron chi connectivity index (χ1n) is 4.15. The largest absolute Gasteiger partial charge is 0.338 e. The normalized spacial score (nSPS) is 8.62. The highest BCUT2D eigenvalue weighted by Gasteiger charge is 2.04. The second-order valence-electron chi connectivity index (χ2n) is 2.49. The van der Waals surface area contributed by atoms with Gasteiger partial charge in [-0.15, -0.1) is 0 Å². The minimum Gasteiger partial charge on any atom is -0.338 e. The van der Waals surface area contributed by atoms with Gasteiger partial charge in [0.15, 0.2) is 0 Å². The van der Waals surface area contributed by atoms with E-state index < -0.39 is 11.9 Å². The molecule has 0 aliphatic rings. The van der Waals surface area contributed by atoms with E-state index in [1.165, 1.54) is 0 Å². The van der Waals surface area contributed by atoms with Crippen molar-refractivity contribution in [1.82, 2.24) is 10.6 Å². The van der Waals surface area contributed by atoms with Gasteiger partial charge in [-0.25, -0.2) is 4.79 Å². The highest BCUT2D eigenvalue weighted by atomic mass is 16.2. The lowest BCUT2D eigenvalue weighted by Gasteiger charge is -2.03. The Bertz CT molecular complexity index is 220. The Balaban J connectivity index is 3.51. The predicted molar refractivity (Wildman–Crippen MR) is 46.7 cm³/mol. The lowest BCUT2D eigenvalue weighted by atomic mass is 10.3. The van der Waals surface area contributed by atoms with E-state index >= 15 is 0 Å². The molecule has 0 bridgehead atoms. The first-order chi connectivity index (χ1) is 6.20. The molecule has 0 unspecified atom stereocenters. The molecule has 5 heteroatoms. The third kappa shape index (κ3) is 6.81. The van der Waals surface area contributed by atoms with Crippen molar-refractivity contribution >= 4 is 11.9 Å². The Morgan fingerprint density at radius 1 is 1.46 bits per heavy atom. The number of carbonyl (C=O) groups excluding carboxylic acids is 2. The van der Waals surface area contributed by atoms with Crippen LogP contribution in [0.25, 0.3) is 0 Å². The van der Waals surface area contributed by atoms with Gasteiger partial charge < -0.3 is 5.32 Å². The average Bonchev–Trinajstić information content (AvgIpc) is 2.05. The Kier molecular flexibility index (Phi) is 6.24. The van der Waals surface area contributed by atoms with Crippen molar-refractivity contribution in [3.8, 4) is 6.07 Å². The van der Waals surface area contributed by atoms with Crippen LogP contribution in [0.3, 0.4) is 0 Å². The van der Waals surface area contributed by atoms with Gasteiger partial charge in [-0.2, -0.15) is 5.26 Å².